The second-order valence-electron chi connectivity index (χ2n) is 3.42. The maximum absolute atomic E-state index is 4.29. The maximum atomic E-state index is 4.29. The standard InChI is InChI=1S/C9H13N4/c1-7-10-4-8-5-12(2)6-13(3)9(8)11-7/h4-7H,1-3H3/q+1/p+1. The average molecular weight is 178 g/mol. The van der Waals surface area contributed by atoms with Gasteiger partial charge in [0.15, 0.2) is 6.20 Å². The Morgan fingerprint density at radius 1 is 1.46 bits per heavy atom. The predicted molar refractivity (Wildman–Crippen MR) is 49.5 cm³/mol. The van der Waals surface area contributed by atoms with Gasteiger partial charge in [-0.1, -0.05) is 0 Å². The van der Waals surface area contributed by atoms with Crippen molar-refractivity contribution in [3.63, 3.8) is 0 Å². The molecule has 1 atom stereocenters. The molecule has 0 amide bonds. The number of hydrogen-bond acceptors (Lipinski definition) is 2. The summed E-state index contributed by atoms with van der Waals surface area (Å²) in [6, 6.07) is 0. The van der Waals surface area contributed by atoms with Crippen LogP contribution in [-0.2, 0) is 14.1 Å². The first-order chi connectivity index (χ1) is 6.16. The van der Waals surface area contributed by atoms with Crippen LogP contribution in [0.1, 0.15) is 12.5 Å². The fourth-order valence-electron chi connectivity index (χ4n) is 1.56. The van der Waals surface area contributed by atoms with Crippen molar-refractivity contribution < 1.29 is 9.13 Å². The molecule has 0 fully saturated rings. The van der Waals surface area contributed by atoms with Crippen LogP contribution < -0.4 is 14.5 Å². The molecule has 4 nitrogen and oxygen atoms in total. The molecule has 0 radical (unpaired) electrons. The fraction of sp³-hybridized carbons (Fsp3) is 0.444. The molecular weight excluding hydrogens is 164 g/mol. The molecule has 1 unspecified atom stereocenters. The van der Waals surface area contributed by atoms with Crippen molar-refractivity contribution in [3.05, 3.63) is 18.1 Å². The molecule has 1 aromatic heterocycles. The quantitative estimate of drug-likeness (QED) is 0.535. The fourth-order valence-corrected chi connectivity index (χ4v) is 1.56. The van der Waals surface area contributed by atoms with Gasteiger partial charge in [-0.2, -0.15) is 4.57 Å². The van der Waals surface area contributed by atoms with E-state index < -0.39 is 0 Å². The lowest BCUT2D eigenvalue weighted by atomic mass is 10.3. The van der Waals surface area contributed by atoms with Gasteiger partial charge in [0.1, 0.15) is 25.8 Å². The Hall–Kier alpha value is -1.45. The predicted octanol–water partition coefficient (Wildman–Crippen LogP) is -0.474. The van der Waals surface area contributed by atoms with Crippen molar-refractivity contribution in [2.75, 3.05) is 5.32 Å². The number of nitrogens with zero attached hydrogens (tertiary/aromatic N) is 3. The van der Waals surface area contributed by atoms with Crippen LogP contribution in [0.15, 0.2) is 17.5 Å². The molecule has 0 saturated carbocycles. The first-order valence-electron chi connectivity index (χ1n) is 4.35. The minimum Gasteiger partial charge on any atom is -0.310 e. The van der Waals surface area contributed by atoms with E-state index in [1.165, 1.54) is 0 Å². The highest BCUT2D eigenvalue weighted by Crippen LogP contribution is 2.11. The molecule has 0 bridgehead atoms. The molecule has 0 saturated heterocycles. The van der Waals surface area contributed by atoms with E-state index in [1.807, 2.05) is 38.1 Å². The summed E-state index contributed by atoms with van der Waals surface area (Å²) >= 11 is 0. The van der Waals surface area contributed by atoms with Gasteiger partial charge in [0.25, 0.3) is 5.82 Å². The minimum atomic E-state index is 0.173. The number of nitrogens with one attached hydrogen (secondary N) is 1. The van der Waals surface area contributed by atoms with Crippen LogP contribution in [0, 0.1) is 0 Å². The summed E-state index contributed by atoms with van der Waals surface area (Å²) in [7, 11) is 4.03. The number of anilines is 1. The third-order valence-corrected chi connectivity index (χ3v) is 2.11. The molecule has 0 aromatic carbocycles. The molecule has 13 heavy (non-hydrogen) atoms. The van der Waals surface area contributed by atoms with E-state index in [4.69, 9.17) is 0 Å². The Morgan fingerprint density at radius 3 is 3.00 bits per heavy atom. The molecule has 1 aromatic rings. The summed E-state index contributed by atoms with van der Waals surface area (Å²) < 4.78 is 4.08. The lowest BCUT2D eigenvalue weighted by Gasteiger charge is -2.13. The number of aryl methyl sites for hydroxylation is 2. The second-order valence-corrected chi connectivity index (χ2v) is 3.42. The van der Waals surface area contributed by atoms with Gasteiger partial charge in [-0.05, 0) is 6.92 Å². The van der Waals surface area contributed by atoms with E-state index in [1.54, 1.807) is 0 Å². The highest BCUT2D eigenvalue weighted by Gasteiger charge is 2.22. The lowest BCUT2D eigenvalue weighted by Crippen LogP contribution is -2.46. The number of aliphatic imine (C=N–C) groups is 1. The van der Waals surface area contributed by atoms with Crippen molar-refractivity contribution in [2.45, 2.75) is 13.1 Å². The van der Waals surface area contributed by atoms with Gasteiger partial charge in [0.2, 0.25) is 0 Å². The Balaban J connectivity index is 2.56. The summed E-state index contributed by atoms with van der Waals surface area (Å²) in [5, 5.41) is 3.31. The molecule has 1 aliphatic heterocycles. The minimum absolute atomic E-state index is 0.173. The smallest absolute Gasteiger partial charge is 0.310 e. The van der Waals surface area contributed by atoms with Crippen molar-refractivity contribution in [1.82, 2.24) is 0 Å². The largest absolute Gasteiger partial charge is 0.408 e. The zero-order valence-electron chi connectivity index (χ0n) is 8.15. The zero-order valence-corrected chi connectivity index (χ0v) is 8.15. The van der Waals surface area contributed by atoms with Crippen LogP contribution >= 0.6 is 0 Å². The summed E-state index contributed by atoms with van der Waals surface area (Å²) in [5.74, 6) is 1.13. The van der Waals surface area contributed by atoms with Crippen LogP contribution in [0.3, 0.4) is 0 Å². The van der Waals surface area contributed by atoms with E-state index >= 15 is 0 Å². The third kappa shape index (κ3) is 1.39. The molecule has 2 heterocycles. The normalized spacial score (nSPS) is 19.5. The van der Waals surface area contributed by atoms with Gasteiger partial charge in [-0.3, -0.25) is 4.99 Å². The average Bonchev–Trinajstić information content (AvgIpc) is 2.06. The Kier molecular flexibility index (Phi) is 1.76. The monoisotopic (exact) mass is 178 g/mol. The summed E-state index contributed by atoms with van der Waals surface area (Å²) in [4.78, 5) is 4.29. The first kappa shape index (κ1) is 8.16. The topological polar surface area (TPSA) is 32.1 Å². The third-order valence-electron chi connectivity index (χ3n) is 2.11. The summed E-state index contributed by atoms with van der Waals surface area (Å²) in [6.45, 7) is 2.03. The van der Waals surface area contributed by atoms with Gasteiger partial charge >= 0.3 is 6.33 Å². The van der Waals surface area contributed by atoms with Gasteiger partial charge in [-0.15, -0.1) is 4.57 Å². The number of hydrogen-bond donors (Lipinski definition) is 1. The van der Waals surface area contributed by atoms with Crippen LogP contribution in [-0.4, -0.2) is 12.4 Å². The van der Waals surface area contributed by atoms with Crippen LogP contribution in [0.5, 0.6) is 0 Å². The van der Waals surface area contributed by atoms with E-state index in [0.717, 1.165) is 11.4 Å². The Labute approximate surface area is 77.6 Å². The zero-order chi connectivity index (χ0) is 9.42. The molecule has 2 rings (SSSR count). The molecule has 0 spiro atoms. The van der Waals surface area contributed by atoms with Crippen molar-refractivity contribution in [1.29, 1.82) is 0 Å². The van der Waals surface area contributed by atoms with E-state index in [9.17, 15) is 0 Å². The number of fused-ring (bicyclic) bond motifs is 1. The molecule has 68 valence electrons. The molecule has 4 heteroatoms. The van der Waals surface area contributed by atoms with Gasteiger partial charge in [0.05, 0.1) is 0 Å². The van der Waals surface area contributed by atoms with Gasteiger partial charge in [0, 0.05) is 6.21 Å². The SMILES string of the molecule is CC1N=Cc2c[n+](C)c[n+](C)c2N1. The Morgan fingerprint density at radius 2 is 2.23 bits per heavy atom. The van der Waals surface area contributed by atoms with Crippen molar-refractivity contribution in [3.8, 4) is 0 Å². The highest BCUT2D eigenvalue weighted by molar-refractivity contribution is 5.86. The summed E-state index contributed by atoms with van der Waals surface area (Å²) in [5.41, 5.74) is 1.13. The van der Waals surface area contributed by atoms with E-state index in [0.29, 0.717) is 0 Å². The molecule has 0 aliphatic carbocycles. The second kappa shape index (κ2) is 2.80. The number of rotatable bonds is 0. The maximum Gasteiger partial charge on any atom is 0.408 e. The van der Waals surface area contributed by atoms with Gasteiger partial charge in [-0.25, -0.2) is 0 Å². The highest BCUT2D eigenvalue weighted by atomic mass is 15.2. The summed E-state index contributed by atoms with van der Waals surface area (Å²) in [6.07, 6.45) is 6.16. The lowest BCUT2D eigenvalue weighted by molar-refractivity contribution is -0.798. The van der Waals surface area contributed by atoms with Crippen LogP contribution in [0.2, 0.25) is 0 Å². The number of aromatic nitrogens is 2. The van der Waals surface area contributed by atoms with Crippen LogP contribution in [0.4, 0.5) is 5.82 Å². The van der Waals surface area contributed by atoms with Gasteiger partial charge < -0.3 is 5.32 Å². The molecular formula is C9H14N4+2. The van der Waals surface area contributed by atoms with Crippen molar-refractivity contribution >= 4 is 12.0 Å². The van der Waals surface area contributed by atoms with E-state index in [2.05, 4.69) is 21.1 Å². The molecule has 1 N–H and O–H groups in total. The molecule has 1 aliphatic rings. The van der Waals surface area contributed by atoms with Crippen LogP contribution in [0.25, 0.3) is 0 Å². The van der Waals surface area contributed by atoms with E-state index in [-0.39, 0.29) is 6.17 Å². The Bertz CT molecular complexity index is 370. The first-order valence-corrected chi connectivity index (χ1v) is 4.35. The van der Waals surface area contributed by atoms with Crippen molar-refractivity contribution in [2.24, 2.45) is 19.1 Å².